The minimum atomic E-state index is -0.477. The van der Waals surface area contributed by atoms with Crippen LogP contribution in [0.3, 0.4) is 0 Å². The molecule has 0 radical (unpaired) electrons. The van der Waals surface area contributed by atoms with Crippen molar-refractivity contribution in [3.05, 3.63) is 24.1 Å². The molecule has 1 unspecified atom stereocenters. The Kier molecular flexibility index (Phi) is 3.64. The molecule has 0 aromatic carbocycles. The Morgan fingerprint density at radius 3 is 3.00 bits per heavy atom. The second-order valence-corrected chi connectivity index (χ2v) is 2.77. The number of aromatic nitrogens is 1. The molecule has 0 aliphatic heterocycles. The van der Waals surface area contributed by atoms with E-state index < -0.39 is 5.95 Å². The quantitative estimate of drug-likeness (QED) is 0.723. The van der Waals surface area contributed by atoms with Crippen molar-refractivity contribution in [1.82, 2.24) is 4.98 Å². The van der Waals surface area contributed by atoms with Crippen molar-refractivity contribution in [1.29, 1.82) is 0 Å². The van der Waals surface area contributed by atoms with Gasteiger partial charge >= 0.3 is 0 Å². The molecule has 4 heteroatoms. The number of hydrogen-bond acceptors (Lipinski definition) is 3. The van der Waals surface area contributed by atoms with Gasteiger partial charge in [0.25, 0.3) is 0 Å². The summed E-state index contributed by atoms with van der Waals surface area (Å²) in [5, 5.41) is 2.96. The fourth-order valence-corrected chi connectivity index (χ4v) is 0.838. The fourth-order valence-electron chi connectivity index (χ4n) is 0.838. The molecule has 1 rings (SSSR count). The van der Waals surface area contributed by atoms with E-state index in [2.05, 4.69) is 10.3 Å². The van der Waals surface area contributed by atoms with E-state index in [9.17, 15) is 4.39 Å². The molecule has 72 valence electrons. The van der Waals surface area contributed by atoms with E-state index in [4.69, 9.17) is 4.74 Å². The standard InChI is InChI=1S/C9H13FN2O/c1-7(13-2)6-11-9-5-3-4-8(10)12-9/h3-5,7H,6H2,1-2H3,(H,11,12). The second-order valence-electron chi connectivity index (χ2n) is 2.77. The number of nitrogens with zero attached hydrogens (tertiary/aromatic N) is 1. The molecule has 1 N–H and O–H groups in total. The van der Waals surface area contributed by atoms with Crippen molar-refractivity contribution in [3.8, 4) is 0 Å². The van der Waals surface area contributed by atoms with E-state index in [1.54, 1.807) is 19.2 Å². The van der Waals surface area contributed by atoms with E-state index in [-0.39, 0.29) is 6.10 Å². The van der Waals surface area contributed by atoms with E-state index >= 15 is 0 Å². The Morgan fingerprint density at radius 1 is 1.62 bits per heavy atom. The van der Waals surface area contributed by atoms with E-state index in [0.29, 0.717) is 12.4 Å². The first-order valence-electron chi connectivity index (χ1n) is 4.11. The summed E-state index contributed by atoms with van der Waals surface area (Å²) in [5.74, 6) is 0.0546. The van der Waals surface area contributed by atoms with Crippen LogP contribution in [0.25, 0.3) is 0 Å². The number of hydrogen-bond donors (Lipinski definition) is 1. The molecule has 0 spiro atoms. The van der Waals surface area contributed by atoms with Gasteiger partial charge in [-0.3, -0.25) is 0 Å². The lowest BCUT2D eigenvalue weighted by atomic mass is 10.4. The van der Waals surface area contributed by atoms with Gasteiger partial charge in [-0.1, -0.05) is 6.07 Å². The zero-order valence-electron chi connectivity index (χ0n) is 7.75. The van der Waals surface area contributed by atoms with Gasteiger partial charge in [-0.25, -0.2) is 4.98 Å². The lowest BCUT2D eigenvalue weighted by Crippen LogP contribution is -2.18. The predicted molar refractivity (Wildman–Crippen MR) is 49.2 cm³/mol. The molecule has 3 nitrogen and oxygen atoms in total. The molecule has 0 amide bonds. The Balaban J connectivity index is 2.45. The van der Waals surface area contributed by atoms with Gasteiger partial charge in [-0.2, -0.15) is 4.39 Å². The first-order valence-corrected chi connectivity index (χ1v) is 4.11. The van der Waals surface area contributed by atoms with Crippen molar-refractivity contribution in [2.45, 2.75) is 13.0 Å². The third-order valence-electron chi connectivity index (χ3n) is 1.69. The van der Waals surface area contributed by atoms with Gasteiger partial charge < -0.3 is 10.1 Å². The van der Waals surface area contributed by atoms with Crippen LogP contribution in [0, 0.1) is 5.95 Å². The number of halogens is 1. The zero-order valence-corrected chi connectivity index (χ0v) is 7.75. The third kappa shape index (κ3) is 3.38. The summed E-state index contributed by atoms with van der Waals surface area (Å²) in [6, 6.07) is 4.64. The molecule has 1 atom stereocenters. The van der Waals surface area contributed by atoms with Crippen LogP contribution in [0.1, 0.15) is 6.92 Å². The summed E-state index contributed by atoms with van der Waals surface area (Å²) in [5.41, 5.74) is 0. The highest BCUT2D eigenvalue weighted by molar-refractivity contribution is 5.33. The van der Waals surface area contributed by atoms with E-state index in [1.165, 1.54) is 6.07 Å². The van der Waals surface area contributed by atoms with Crippen LogP contribution in [-0.2, 0) is 4.74 Å². The maximum Gasteiger partial charge on any atom is 0.214 e. The molecule has 0 saturated carbocycles. The van der Waals surface area contributed by atoms with Gasteiger partial charge in [0.15, 0.2) is 0 Å². The highest BCUT2D eigenvalue weighted by Gasteiger charge is 2.00. The second kappa shape index (κ2) is 4.77. The van der Waals surface area contributed by atoms with Crippen LogP contribution in [-0.4, -0.2) is 24.7 Å². The molecule has 0 fully saturated rings. The first kappa shape index (κ1) is 9.92. The van der Waals surface area contributed by atoms with Gasteiger partial charge in [-0.15, -0.1) is 0 Å². The first-order chi connectivity index (χ1) is 6.22. The van der Waals surface area contributed by atoms with Gasteiger partial charge in [0, 0.05) is 13.7 Å². The van der Waals surface area contributed by atoms with Crippen LogP contribution in [0.4, 0.5) is 10.2 Å². The zero-order chi connectivity index (χ0) is 9.68. The van der Waals surface area contributed by atoms with Crippen molar-refractivity contribution in [2.24, 2.45) is 0 Å². The van der Waals surface area contributed by atoms with Crippen molar-refractivity contribution in [2.75, 3.05) is 19.0 Å². The van der Waals surface area contributed by atoms with Gasteiger partial charge in [0.2, 0.25) is 5.95 Å². The van der Waals surface area contributed by atoms with E-state index in [1.807, 2.05) is 6.92 Å². The molecule has 0 aliphatic carbocycles. The number of rotatable bonds is 4. The summed E-state index contributed by atoms with van der Waals surface area (Å²) >= 11 is 0. The topological polar surface area (TPSA) is 34.1 Å². The fraction of sp³-hybridized carbons (Fsp3) is 0.444. The normalized spacial score (nSPS) is 12.5. The SMILES string of the molecule is COC(C)CNc1cccc(F)n1. The minimum absolute atomic E-state index is 0.0880. The van der Waals surface area contributed by atoms with Crippen LogP contribution < -0.4 is 5.32 Å². The summed E-state index contributed by atoms with van der Waals surface area (Å²) < 4.78 is 17.6. The summed E-state index contributed by atoms with van der Waals surface area (Å²) in [6.07, 6.45) is 0.0880. The Labute approximate surface area is 76.9 Å². The predicted octanol–water partition coefficient (Wildman–Crippen LogP) is 1.67. The highest BCUT2D eigenvalue weighted by Crippen LogP contribution is 2.03. The average molecular weight is 184 g/mol. The molecule has 1 aromatic rings. The van der Waals surface area contributed by atoms with Crippen LogP contribution in [0.15, 0.2) is 18.2 Å². The molecular formula is C9H13FN2O. The van der Waals surface area contributed by atoms with Crippen LogP contribution in [0.5, 0.6) is 0 Å². The number of methoxy groups -OCH3 is 1. The molecular weight excluding hydrogens is 171 g/mol. The van der Waals surface area contributed by atoms with Crippen LogP contribution >= 0.6 is 0 Å². The van der Waals surface area contributed by atoms with E-state index in [0.717, 1.165) is 0 Å². The highest BCUT2D eigenvalue weighted by atomic mass is 19.1. The minimum Gasteiger partial charge on any atom is -0.380 e. The van der Waals surface area contributed by atoms with Crippen LogP contribution in [0.2, 0.25) is 0 Å². The van der Waals surface area contributed by atoms with Gasteiger partial charge in [-0.05, 0) is 19.1 Å². The smallest absolute Gasteiger partial charge is 0.214 e. The van der Waals surface area contributed by atoms with Gasteiger partial charge in [0.1, 0.15) is 5.82 Å². The maximum absolute atomic E-state index is 12.6. The average Bonchev–Trinajstić information content (AvgIpc) is 2.14. The Bertz CT molecular complexity index is 268. The largest absolute Gasteiger partial charge is 0.380 e. The maximum atomic E-state index is 12.6. The Morgan fingerprint density at radius 2 is 2.38 bits per heavy atom. The van der Waals surface area contributed by atoms with Crippen molar-refractivity contribution >= 4 is 5.82 Å². The van der Waals surface area contributed by atoms with Gasteiger partial charge in [0.05, 0.1) is 6.10 Å². The molecule has 1 aromatic heterocycles. The summed E-state index contributed by atoms with van der Waals surface area (Å²) in [6.45, 7) is 2.54. The molecule has 0 bridgehead atoms. The molecule has 13 heavy (non-hydrogen) atoms. The number of pyridine rings is 1. The third-order valence-corrected chi connectivity index (χ3v) is 1.69. The Hall–Kier alpha value is -1.16. The number of ether oxygens (including phenoxy) is 1. The lowest BCUT2D eigenvalue weighted by molar-refractivity contribution is 0.128. The number of nitrogens with one attached hydrogen (secondary N) is 1. The van der Waals surface area contributed by atoms with Crippen molar-refractivity contribution in [3.63, 3.8) is 0 Å². The summed E-state index contributed by atoms with van der Waals surface area (Å²) in [7, 11) is 1.63. The molecule has 0 saturated heterocycles. The molecule has 0 aliphatic rings. The molecule has 1 heterocycles. The monoisotopic (exact) mass is 184 g/mol. The lowest BCUT2D eigenvalue weighted by Gasteiger charge is -2.10. The summed E-state index contributed by atoms with van der Waals surface area (Å²) in [4.78, 5) is 3.65. The number of anilines is 1. The van der Waals surface area contributed by atoms with Crippen molar-refractivity contribution < 1.29 is 9.13 Å².